The number of hydrogen-bond donors (Lipinski definition) is 1. The molecular weight excluding hydrogens is 439 g/mol. The van der Waals surface area contributed by atoms with Crippen LogP contribution in [-0.2, 0) is 16.1 Å². The second-order valence-electron chi connectivity index (χ2n) is 7.79. The quantitative estimate of drug-likeness (QED) is 0.320. The normalized spacial score (nSPS) is 14.3. The lowest BCUT2D eigenvalue weighted by Gasteiger charge is -2.26. The Bertz CT molecular complexity index is 1210. The van der Waals surface area contributed by atoms with E-state index in [1.54, 1.807) is 18.3 Å². The summed E-state index contributed by atoms with van der Waals surface area (Å²) >= 11 is 0. The number of rotatable bonds is 7. The highest BCUT2D eigenvalue weighted by Gasteiger charge is 2.15. The molecule has 0 saturated carbocycles. The van der Waals surface area contributed by atoms with E-state index in [0.717, 1.165) is 50.5 Å². The van der Waals surface area contributed by atoms with Crippen LogP contribution in [0.5, 0.6) is 0 Å². The van der Waals surface area contributed by atoms with Crippen molar-refractivity contribution in [3.05, 3.63) is 94.1 Å². The molecule has 0 atom stereocenters. The van der Waals surface area contributed by atoms with Crippen LogP contribution in [0.3, 0.4) is 0 Å². The number of nitro groups is 1. The number of aromatic nitrogens is 1. The molecule has 2 heterocycles. The number of pyridine rings is 1. The lowest BCUT2D eigenvalue weighted by molar-refractivity contribution is -0.387. The average Bonchev–Trinajstić information content (AvgIpc) is 2.84. The van der Waals surface area contributed by atoms with E-state index in [2.05, 4.69) is 15.2 Å². The van der Waals surface area contributed by atoms with Crippen LogP contribution in [0, 0.1) is 15.9 Å². The van der Waals surface area contributed by atoms with Gasteiger partial charge in [-0.2, -0.15) is 4.39 Å². The smallest absolute Gasteiger partial charge is 0.304 e. The summed E-state index contributed by atoms with van der Waals surface area (Å²) in [6, 6.07) is 13.0. The zero-order valence-corrected chi connectivity index (χ0v) is 18.3. The molecule has 2 aromatic carbocycles. The molecule has 9 heteroatoms. The average molecular weight is 462 g/mol. The highest BCUT2D eigenvalue weighted by Crippen LogP contribution is 2.28. The van der Waals surface area contributed by atoms with Gasteiger partial charge < -0.3 is 10.1 Å². The molecule has 1 aliphatic rings. The van der Waals surface area contributed by atoms with Gasteiger partial charge in [0.15, 0.2) is 0 Å². The van der Waals surface area contributed by atoms with Crippen molar-refractivity contribution in [2.75, 3.05) is 31.6 Å². The van der Waals surface area contributed by atoms with Crippen molar-refractivity contribution in [1.29, 1.82) is 0 Å². The van der Waals surface area contributed by atoms with Gasteiger partial charge in [-0.15, -0.1) is 0 Å². The summed E-state index contributed by atoms with van der Waals surface area (Å²) < 4.78 is 19.5. The Kier molecular flexibility index (Phi) is 7.36. The van der Waals surface area contributed by atoms with Gasteiger partial charge in [0.25, 0.3) is 0 Å². The van der Waals surface area contributed by atoms with E-state index < -0.39 is 16.4 Å². The fraction of sp³-hybridized carbons (Fsp3) is 0.200. The largest absolute Gasteiger partial charge is 0.379 e. The topological polar surface area (TPSA) is 97.6 Å². The summed E-state index contributed by atoms with van der Waals surface area (Å²) in [5, 5.41) is 13.7. The third kappa shape index (κ3) is 5.89. The maximum atomic E-state index is 14.1. The van der Waals surface area contributed by atoms with Gasteiger partial charge in [0, 0.05) is 55.4 Å². The highest BCUT2D eigenvalue weighted by atomic mass is 19.1. The van der Waals surface area contributed by atoms with Crippen LogP contribution in [-0.4, -0.2) is 47.0 Å². The van der Waals surface area contributed by atoms with Crippen molar-refractivity contribution in [3.8, 4) is 11.1 Å². The van der Waals surface area contributed by atoms with Crippen molar-refractivity contribution in [2.24, 2.45) is 0 Å². The van der Waals surface area contributed by atoms with E-state index in [0.29, 0.717) is 22.4 Å². The molecule has 0 spiro atoms. The van der Waals surface area contributed by atoms with Gasteiger partial charge in [0.05, 0.1) is 18.1 Å². The predicted molar refractivity (Wildman–Crippen MR) is 126 cm³/mol. The molecule has 8 nitrogen and oxygen atoms in total. The summed E-state index contributed by atoms with van der Waals surface area (Å²) in [6.45, 7) is 4.15. The lowest BCUT2D eigenvalue weighted by Crippen LogP contribution is -2.35. The molecule has 0 unspecified atom stereocenters. The molecule has 1 saturated heterocycles. The minimum atomic E-state index is -0.927. The zero-order valence-electron chi connectivity index (χ0n) is 18.3. The van der Waals surface area contributed by atoms with Crippen LogP contribution in [0.4, 0.5) is 15.8 Å². The summed E-state index contributed by atoms with van der Waals surface area (Å²) in [5.74, 6) is -1.25. The van der Waals surface area contributed by atoms with E-state index in [-0.39, 0.29) is 5.91 Å². The van der Waals surface area contributed by atoms with Crippen LogP contribution >= 0.6 is 0 Å². The number of benzene rings is 2. The summed E-state index contributed by atoms with van der Waals surface area (Å²) in [6.07, 6.45) is 6.01. The first-order valence-electron chi connectivity index (χ1n) is 10.8. The van der Waals surface area contributed by atoms with Crippen LogP contribution in [0.1, 0.15) is 11.1 Å². The predicted octanol–water partition coefficient (Wildman–Crippen LogP) is 4.28. The van der Waals surface area contributed by atoms with Crippen molar-refractivity contribution in [3.63, 3.8) is 0 Å². The number of carbonyl (C=O) groups excluding carboxylic acids is 1. The number of halogens is 1. The molecule has 1 fully saturated rings. The van der Waals surface area contributed by atoms with Gasteiger partial charge in [0.1, 0.15) is 0 Å². The molecule has 4 rings (SSSR count). The summed E-state index contributed by atoms with van der Waals surface area (Å²) in [7, 11) is 0. The van der Waals surface area contributed by atoms with E-state index in [1.165, 1.54) is 18.3 Å². The molecule has 0 bridgehead atoms. The van der Waals surface area contributed by atoms with Crippen LogP contribution in [0.25, 0.3) is 17.2 Å². The van der Waals surface area contributed by atoms with E-state index in [4.69, 9.17) is 4.74 Å². The van der Waals surface area contributed by atoms with Gasteiger partial charge in [-0.05, 0) is 53.1 Å². The highest BCUT2D eigenvalue weighted by molar-refractivity contribution is 6.02. The molecule has 1 aliphatic heterocycles. The molecule has 34 heavy (non-hydrogen) atoms. The lowest BCUT2D eigenvalue weighted by atomic mass is 10.0. The Labute approximate surface area is 195 Å². The number of ether oxygens (including phenoxy) is 1. The molecule has 0 radical (unpaired) electrons. The van der Waals surface area contributed by atoms with Crippen LogP contribution in [0.2, 0.25) is 0 Å². The third-order valence-corrected chi connectivity index (χ3v) is 5.45. The number of nitrogens with zero attached hydrogens (tertiary/aromatic N) is 3. The van der Waals surface area contributed by atoms with Gasteiger partial charge in [0.2, 0.25) is 11.7 Å². The molecule has 174 valence electrons. The number of morpholine rings is 1. The first kappa shape index (κ1) is 23.2. The molecule has 1 N–H and O–H groups in total. The maximum absolute atomic E-state index is 14.1. The van der Waals surface area contributed by atoms with Gasteiger partial charge in [-0.3, -0.25) is 24.8 Å². The zero-order chi connectivity index (χ0) is 23.9. The minimum absolute atomic E-state index is 0.328. The van der Waals surface area contributed by atoms with Gasteiger partial charge in [-0.1, -0.05) is 12.1 Å². The number of amides is 1. The second-order valence-corrected chi connectivity index (χ2v) is 7.79. The Morgan fingerprint density at radius 2 is 1.94 bits per heavy atom. The van der Waals surface area contributed by atoms with E-state index in [1.807, 2.05) is 24.3 Å². The maximum Gasteiger partial charge on any atom is 0.304 e. The molecular formula is C25H23FN4O4. The molecule has 1 aromatic heterocycles. The van der Waals surface area contributed by atoms with E-state index >= 15 is 0 Å². The SMILES string of the molecule is O=C(C=Cc1cnccc1-c1ccc([N+](=O)[O-])c(F)c1)Nc1ccc(CN2CCOCC2)cc1. The number of nitro benzene ring substituents is 1. The van der Waals surface area contributed by atoms with Crippen molar-refractivity contribution >= 4 is 23.4 Å². The Balaban J connectivity index is 1.41. The number of anilines is 1. The monoisotopic (exact) mass is 462 g/mol. The van der Waals surface area contributed by atoms with Gasteiger partial charge >= 0.3 is 5.69 Å². The molecule has 0 aliphatic carbocycles. The van der Waals surface area contributed by atoms with Crippen molar-refractivity contribution < 1.29 is 18.8 Å². The fourth-order valence-electron chi connectivity index (χ4n) is 3.69. The van der Waals surface area contributed by atoms with Crippen LogP contribution in [0.15, 0.2) is 67.0 Å². The Morgan fingerprint density at radius 1 is 1.18 bits per heavy atom. The summed E-state index contributed by atoms with van der Waals surface area (Å²) in [5.41, 5.74) is 2.86. The second kappa shape index (κ2) is 10.8. The summed E-state index contributed by atoms with van der Waals surface area (Å²) in [4.78, 5) is 28.9. The number of hydrogen-bond acceptors (Lipinski definition) is 6. The van der Waals surface area contributed by atoms with Crippen molar-refractivity contribution in [2.45, 2.75) is 6.54 Å². The van der Waals surface area contributed by atoms with Crippen molar-refractivity contribution in [1.82, 2.24) is 9.88 Å². The fourth-order valence-corrected chi connectivity index (χ4v) is 3.69. The third-order valence-electron chi connectivity index (χ3n) is 5.45. The number of carbonyl (C=O) groups is 1. The molecule has 3 aromatic rings. The van der Waals surface area contributed by atoms with Crippen LogP contribution < -0.4 is 5.32 Å². The standard InChI is InChI=1S/C25H23FN4O4/c26-23-15-19(3-7-24(23)30(32)33)22-9-10-27-16-20(22)4-8-25(31)28-21-5-1-18(2-6-21)17-29-11-13-34-14-12-29/h1-10,15-16H,11-14,17H2,(H,28,31). The van der Waals surface area contributed by atoms with E-state index in [9.17, 15) is 19.3 Å². The van der Waals surface area contributed by atoms with Gasteiger partial charge in [-0.25, -0.2) is 0 Å². The Morgan fingerprint density at radius 3 is 2.65 bits per heavy atom. The minimum Gasteiger partial charge on any atom is -0.379 e. The first-order valence-corrected chi connectivity index (χ1v) is 10.8. The first-order chi connectivity index (χ1) is 16.5. The number of nitrogens with one attached hydrogen (secondary N) is 1. The molecule has 1 amide bonds. The Hall–Kier alpha value is -3.95.